The Morgan fingerprint density at radius 1 is 1.11 bits per heavy atom. The summed E-state index contributed by atoms with van der Waals surface area (Å²) in [5.74, 6) is 0.933. The molecule has 3 aromatic heterocycles. The first-order valence-corrected chi connectivity index (χ1v) is 10.6. The highest BCUT2D eigenvalue weighted by Crippen LogP contribution is 2.34. The Balaban J connectivity index is 1.76. The second-order valence-electron chi connectivity index (χ2n) is 5.52. The molecular formula is C18H13ClN2O4S2. The number of nitrogens with zero attached hydrogens (tertiary/aromatic N) is 1. The fourth-order valence-corrected chi connectivity index (χ4v) is 4.47. The van der Waals surface area contributed by atoms with Crippen molar-refractivity contribution in [2.45, 2.75) is 16.5 Å². The molecule has 0 saturated carbocycles. The molecule has 0 saturated heterocycles. The van der Waals surface area contributed by atoms with E-state index in [1.807, 2.05) is 17.5 Å². The number of rotatable bonds is 6. The fraction of sp³-hybridized carbons (Fsp3) is 0.0556. The molecule has 3 heterocycles. The van der Waals surface area contributed by atoms with Crippen molar-refractivity contribution in [2.24, 2.45) is 0 Å². The summed E-state index contributed by atoms with van der Waals surface area (Å²) in [7, 11) is -3.90. The number of anilines is 1. The van der Waals surface area contributed by atoms with E-state index in [0.717, 1.165) is 4.88 Å². The van der Waals surface area contributed by atoms with Gasteiger partial charge in [-0.15, -0.1) is 11.3 Å². The Bertz CT molecular complexity index is 1130. The van der Waals surface area contributed by atoms with Crippen LogP contribution in [0.5, 0.6) is 0 Å². The molecule has 6 nitrogen and oxygen atoms in total. The Kier molecular flexibility index (Phi) is 4.77. The summed E-state index contributed by atoms with van der Waals surface area (Å²) >= 11 is 7.27. The average Bonchev–Trinajstić information content (AvgIpc) is 3.40. The van der Waals surface area contributed by atoms with Crippen LogP contribution in [-0.2, 0) is 16.4 Å². The van der Waals surface area contributed by atoms with Crippen LogP contribution in [0.15, 0.2) is 78.9 Å². The lowest BCUT2D eigenvalue weighted by molar-refractivity contribution is 0.511. The van der Waals surface area contributed by atoms with Gasteiger partial charge in [0.05, 0.1) is 22.6 Å². The number of nitrogens with one attached hydrogen (secondary N) is 1. The van der Waals surface area contributed by atoms with Crippen LogP contribution < -0.4 is 5.32 Å². The molecular weight excluding hydrogens is 408 g/mol. The summed E-state index contributed by atoms with van der Waals surface area (Å²) in [5.41, 5.74) is 0. The van der Waals surface area contributed by atoms with Crippen molar-refractivity contribution in [1.29, 1.82) is 0 Å². The largest absolute Gasteiger partial charge is 0.467 e. The monoisotopic (exact) mass is 420 g/mol. The highest BCUT2D eigenvalue weighted by Gasteiger charge is 2.28. The highest BCUT2D eigenvalue weighted by atomic mass is 35.5. The number of halogens is 1. The Hall–Kier alpha value is -2.55. The summed E-state index contributed by atoms with van der Waals surface area (Å²) in [4.78, 5) is 5.07. The van der Waals surface area contributed by atoms with Crippen molar-refractivity contribution in [1.82, 2.24) is 4.98 Å². The van der Waals surface area contributed by atoms with E-state index >= 15 is 0 Å². The number of furan rings is 1. The van der Waals surface area contributed by atoms with Crippen LogP contribution >= 0.6 is 22.9 Å². The molecule has 4 aromatic rings. The second kappa shape index (κ2) is 7.22. The number of aromatic nitrogens is 1. The number of benzene rings is 1. The van der Waals surface area contributed by atoms with E-state index in [0.29, 0.717) is 10.8 Å². The first-order valence-electron chi connectivity index (χ1n) is 7.85. The quantitative estimate of drug-likeness (QED) is 0.467. The van der Waals surface area contributed by atoms with Gasteiger partial charge in [0, 0.05) is 5.02 Å². The molecule has 0 fully saturated rings. The van der Waals surface area contributed by atoms with Gasteiger partial charge in [-0.1, -0.05) is 17.7 Å². The molecule has 0 atom stereocenters. The van der Waals surface area contributed by atoms with Crippen LogP contribution in [-0.4, -0.2) is 13.4 Å². The third kappa shape index (κ3) is 3.64. The highest BCUT2D eigenvalue weighted by molar-refractivity contribution is 7.91. The lowest BCUT2D eigenvalue weighted by atomic mass is 10.4. The lowest BCUT2D eigenvalue weighted by Crippen LogP contribution is -2.07. The summed E-state index contributed by atoms with van der Waals surface area (Å²) in [6.07, 6.45) is 1.54. The number of hydrogen-bond donors (Lipinski definition) is 1. The van der Waals surface area contributed by atoms with Gasteiger partial charge in [-0.3, -0.25) is 0 Å². The summed E-state index contributed by atoms with van der Waals surface area (Å²) < 4.78 is 37.2. The van der Waals surface area contributed by atoms with E-state index in [2.05, 4.69) is 10.3 Å². The smallest absolute Gasteiger partial charge is 0.240 e. The van der Waals surface area contributed by atoms with E-state index in [9.17, 15) is 8.42 Å². The van der Waals surface area contributed by atoms with E-state index < -0.39 is 9.84 Å². The third-order valence-electron chi connectivity index (χ3n) is 3.71. The van der Waals surface area contributed by atoms with E-state index in [1.165, 1.54) is 35.6 Å². The third-order valence-corrected chi connectivity index (χ3v) is 6.50. The number of hydrogen-bond acceptors (Lipinski definition) is 7. The Labute approximate surface area is 164 Å². The molecule has 0 amide bonds. The lowest BCUT2D eigenvalue weighted by Gasteiger charge is -2.05. The Morgan fingerprint density at radius 2 is 1.93 bits per heavy atom. The summed E-state index contributed by atoms with van der Waals surface area (Å²) in [6.45, 7) is 0.259. The van der Waals surface area contributed by atoms with E-state index in [4.69, 9.17) is 20.4 Å². The van der Waals surface area contributed by atoms with Gasteiger partial charge >= 0.3 is 0 Å². The van der Waals surface area contributed by atoms with Gasteiger partial charge in [0.2, 0.25) is 26.6 Å². The standard InChI is InChI=1S/C18H13ClN2O4S2/c19-12-5-7-14(8-6-12)27(22,23)18-17(20-11-13-3-1-9-24-13)25-16(21-18)15-4-2-10-26-15/h1-10,20H,11H2. The van der Waals surface area contributed by atoms with Gasteiger partial charge < -0.3 is 14.2 Å². The molecule has 1 aromatic carbocycles. The first kappa shape index (κ1) is 17.8. The molecule has 0 aliphatic heterocycles. The van der Waals surface area contributed by atoms with Gasteiger partial charge in [0.1, 0.15) is 5.76 Å². The molecule has 0 aliphatic carbocycles. The van der Waals surface area contributed by atoms with Gasteiger partial charge in [-0.25, -0.2) is 8.42 Å². The molecule has 4 rings (SSSR count). The molecule has 27 heavy (non-hydrogen) atoms. The topological polar surface area (TPSA) is 85.3 Å². The normalized spacial score (nSPS) is 11.6. The fourth-order valence-electron chi connectivity index (χ4n) is 2.41. The van der Waals surface area contributed by atoms with Crippen molar-refractivity contribution in [2.75, 3.05) is 5.32 Å². The van der Waals surface area contributed by atoms with Gasteiger partial charge in [-0.2, -0.15) is 4.98 Å². The molecule has 0 radical (unpaired) electrons. The zero-order valence-electron chi connectivity index (χ0n) is 13.8. The summed E-state index contributed by atoms with van der Waals surface area (Å²) in [6, 6.07) is 13.1. The molecule has 0 unspecified atom stereocenters. The van der Waals surface area contributed by atoms with Gasteiger partial charge in [0.25, 0.3) is 0 Å². The first-order chi connectivity index (χ1) is 13.0. The second-order valence-corrected chi connectivity index (χ2v) is 8.77. The molecule has 0 bridgehead atoms. The number of oxazole rings is 1. The van der Waals surface area contributed by atoms with Crippen LogP contribution in [0.3, 0.4) is 0 Å². The van der Waals surface area contributed by atoms with Gasteiger partial charge in [0.15, 0.2) is 0 Å². The molecule has 0 spiro atoms. The maximum absolute atomic E-state index is 13.1. The minimum atomic E-state index is -3.90. The zero-order chi connectivity index (χ0) is 18.9. The van der Waals surface area contributed by atoms with Crippen LogP contribution in [0.2, 0.25) is 5.02 Å². The van der Waals surface area contributed by atoms with Crippen LogP contribution in [0.4, 0.5) is 5.88 Å². The van der Waals surface area contributed by atoms with Crippen molar-refractivity contribution in [3.05, 3.63) is 71.0 Å². The summed E-state index contributed by atoms with van der Waals surface area (Å²) in [5, 5.41) is 5.09. The predicted molar refractivity (Wildman–Crippen MR) is 103 cm³/mol. The van der Waals surface area contributed by atoms with Crippen molar-refractivity contribution < 1.29 is 17.3 Å². The van der Waals surface area contributed by atoms with Crippen molar-refractivity contribution in [3.8, 4) is 10.8 Å². The number of sulfone groups is 1. The minimum absolute atomic E-state index is 0.0600. The molecule has 9 heteroatoms. The zero-order valence-corrected chi connectivity index (χ0v) is 16.1. The molecule has 1 N–H and O–H groups in total. The molecule has 138 valence electrons. The Morgan fingerprint density at radius 3 is 2.59 bits per heavy atom. The maximum atomic E-state index is 13.1. The average molecular weight is 421 g/mol. The van der Waals surface area contributed by atoms with E-state index in [1.54, 1.807) is 18.4 Å². The van der Waals surface area contributed by atoms with Crippen molar-refractivity contribution in [3.63, 3.8) is 0 Å². The van der Waals surface area contributed by atoms with Crippen molar-refractivity contribution >= 4 is 38.7 Å². The van der Waals surface area contributed by atoms with Crippen LogP contribution in [0.1, 0.15) is 5.76 Å². The minimum Gasteiger partial charge on any atom is -0.467 e. The SMILES string of the molecule is O=S(=O)(c1ccc(Cl)cc1)c1nc(-c2cccs2)oc1NCc1ccco1. The van der Waals surface area contributed by atoms with Crippen LogP contribution in [0.25, 0.3) is 10.8 Å². The molecule has 0 aliphatic rings. The maximum Gasteiger partial charge on any atom is 0.240 e. The predicted octanol–water partition coefficient (Wildman–Crippen LogP) is 5.09. The van der Waals surface area contributed by atoms with E-state index in [-0.39, 0.29) is 28.2 Å². The van der Waals surface area contributed by atoms with Crippen LogP contribution in [0, 0.1) is 0 Å². The number of thiophene rings is 1. The van der Waals surface area contributed by atoms with Gasteiger partial charge in [-0.05, 0) is 47.8 Å².